The van der Waals surface area contributed by atoms with Crippen LogP contribution in [0.1, 0.15) is 23.8 Å². The number of carbonyl (C=O) groups is 1. The van der Waals surface area contributed by atoms with E-state index in [0.717, 1.165) is 35.4 Å². The molecule has 2 aromatic heterocycles. The summed E-state index contributed by atoms with van der Waals surface area (Å²) < 4.78 is 6.50. The fourth-order valence-electron chi connectivity index (χ4n) is 3.51. The van der Waals surface area contributed by atoms with E-state index in [1.807, 2.05) is 0 Å². The third kappa shape index (κ3) is 3.47. The van der Waals surface area contributed by atoms with Crippen molar-refractivity contribution >= 4 is 33.1 Å². The molecule has 0 radical (unpaired) electrons. The number of amides is 1. The van der Waals surface area contributed by atoms with Gasteiger partial charge in [0.1, 0.15) is 17.1 Å². The molecule has 27 heavy (non-hydrogen) atoms. The van der Waals surface area contributed by atoms with Gasteiger partial charge in [-0.2, -0.15) is 0 Å². The highest BCUT2D eigenvalue weighted by atomic mass is 32.1. The summed E-state index contributed by atoms with van der Waals surface area (Å²) in [6, 6.07) is 7.07. The minimum Gasteiger partial charge on any atom is -0.497 e. The van der Waals surface area contributed by atoms with Crippen LogP contribution in [0.2, 0.25) is 0 Å². The molecule has 1 atom stereocenters. The number of aryl methyl sites for hydroxylation is 1. The molecule has 4 rings (SSSR count). The van der Waals surface area contributed by atoms with Crippen LogP contribution in [0.25, 0.3) is 10.2 Å². The molecule has 1 amide bonds. The zero-order valence-corrected chi connectivity index (χ0v) is 16.1. The highest BCUT2D eigenvalue weighted by Crippen LogP contribution is 2.35. The van der Waals surface area contributed by atoms with Crippen molar-refractivity contribution in [3.05, 3.63) is 51.4 Å². The molecule has 1 aliphatic rings. The van der Waals surface area contributed by atoms with Gasteiger partial charge < -0.3 is 10.1 Å². The maximum absolute atomic E-state index is 12.9. The van der Waals surface area contributed by atoms with E-state index in [0.29, 0.717) is 17.0 Å². The van der Waals surface area contributed by atoms with Crippen LogP contribution >= 0.6 is 11.3 Å². The van der Waals surface area contributed by atoms with Crippen LogP contribution in [0.5, 0.6) is 5.75 Å². The summed E-state index contributed by atoms with van der Waals surface area (Å²) in [5.41, 5.74) is 1.66. The van der Waals surface area contributed by atoms with E-state index in [-0.39, 0.29) is 18.0 Å². The number of ether oxygens (including phenoxy) is 1. The Balaban J connectivity index is 1.57. The van der Waals surface area contributed by atoms with Crippen molar-refractivity contribution in [1.29, 1.82) is 0 Å². The first-order valence-corrected chi connectivity index (χ1v) is 9.80. The maximum Gasteiger partial charge on any atom is 0.262 e. The van der Waals surface area contributed by atoms with Crippen molar-refractivity contribution in [3.8, 4) is 5.75 Å². The first kappa shape index (κ1) is 17.7. The van der Waals surface area contributed by atoms with Gasteiger partial charge >= 0.3 is 0 Å². The Morgan fingerprint density at radius 1 is 1.37 bits per heavy atom. The van der Waals surface area contributed by atoms with Crippen molar-refractivity contribution in [2.24, 2.45) is 5.92 Å². The molecule has 3 aromatic rings. The van der Waals surface area contributed by atoms with Gasteiger partial charge in [-0.3, -0.25) is 14.2 Å². The second kappa shape index (κ2) is 7.15. The Kier molecular flexibility index (Phi) is 4.70. The summed E-state index contributed by atoms with van der Waals surface area (Å²) in [7, 11) is 1.59. The molecule has 0 saturated heterocycles. The average molecular weight is 383 g/mol. The summed E-state index contributed by atoms with van der Waals surface area (Å²) in [6.45, 7) is 2.18. The highest BCUT2D eigenvalue weighted by Gasteiger charge is 2.23. The minimum atomic E-state index is -0.263. The monoisotopic (exact) mass is 383 g/mol. The number of aromatic nitrogens is 2. The largest absolute Gasteiger partial charge is 0.497 e. The van der Waals surface area contributed by atoms with E-state index in [1.54, 1.807) is 42.7 Å². The van der Waals surface area contributed by atoms with E-state index in [2.05, 4.69) is 17.2 Å². The van der Waals surface area contributed by atoms with Crippen LogP contribution in [-0.4, -0.2) is 22.6 Å². The number of anilines is 1. The van der Waals surface area contributed by atoms with Gasteiger partial charge in [-0.15, -0.1) is 11.3 Å². The number of carbonyl (C=O) groups excluding carboxylic acids is 1. The molecule has 0 bridgehead atoms. The number of benzene rings is 1. The summed E-state index contributed by atoms with van der Waals surface area (Å²) in [6.07, 6.45) is 4.48. The van der Waals surface area contributed by atoms with Gasteiger partial charge in [-0.1, -0.05) is 6.92 Å². The predicted molar refractivity (Wildman–Crippen MR) is 107 cm³/mol. The van der Waals surface area contributed by atoms with E-state index in [9.17, 15) is 9.59 Å². The standard InChI is InChI=1S/C20H21N3O3S/c1-12-3-8-15-16(9-12)27-19-18(15)20(25)23(11-21-19)10-17(24)22-13-4-6-14(26-2)7-5-13/h4-7,11-12H,3,8-10H2,1-2H3,(H,22,24). The molecule has 0 spiro atoms. The molecule has 140 valence electrons. The first-order chi connectivity index (χ1) is 13.0. The van der Waals surface area contributed by atoms with Crippen molar-refractivity contribution in [1.82, 2.24) is 9.55 Å². The molecule has 1 N–H and O–H groups in total. The van der Waals surface area contributed by atoms with Crippen molar-refractivity contribution in [3.63, 3.8) is 0 Å². The molecule has 1 aliphatic carbocycles. The third-order valence-electron chi connectivity index (χ3n) is 4.97. The first-order valence-electron chi connectivity index (χ1n) is 8.98. The Labute approximate surface area is 160 Å². The van der Waals surface area contributed by atoms with E-state index in [4.69, 9.17) is 4.74 Å². The van der Waals surface area contributed by atoms with Gasteiger partial charge in [0.05, 0.1) is 18.8 Å². The number of thiophene rings is 1. The lowest BCUT2D eigenvalue weighted by Crippen LogP contribution is -2.28. The molecule has 2 heterocycles. The number of hydrogen-bond acceptors (Lipinski definition) is 5. The lowest BCUT2D eigenvalue weighted by atomic mass is 9.89. The minimum absolute atomic E-state index is 0.0607. The van der Waals surface area contributed by atoms with Gasteiger partial charge in [-0.05, 0) is 55.0 Å². The van der Waals surface area contributed by atoms with Gasteiger partial charge in [0, 0.05) is 10.6 Å². The van der Waals surface area contributed by atoms with Crippen LogP contribution < -0.4 is 15.6 Å². The lowest BCUT2D eigenvalue weighted by Gasteiger charge is -2.17. The second-order valence-electron chi connectivity index (χ2n) is 6.99. The summed E-state index contributed by atoms with van der Waals surface area (Å²) in [5.74, 6) is 1.10. The van der Waals surface area contributed by atoms with Crippen LogP contribution in [-0.2, 0) is 24.2 Å². The molecular formula is C20H21N3O3S. The topological polar surface area (TPSA) is 73.2 Å². The fraction of sp³-hybridized carbons (Fsp3) is 0.350. The Hall–Kier alpha value is -2.67. The SMILES string of the molecule is COc1ccc(NC(=O)Cn2cnc3sc4c(c3c2=O)CCC(C)C4)cc1. The molecule has 7 heteroatoms. The highest BCUT2D eigenvalue weighted by molar-refractivity contribution is 7.18. The molecule has 0 fully saturated rings. The van der Waals surface area contributed by atoms with Gasteiger partial charge in [0.25, 0.3) is 5.56 Å². The molecule has 6 nitrogen and oxygen atoms in total. The number of methoxy groups -OCH3 is 1. The normalized spacial score (nSPS) is 16.1. The average Bonchev–Trinajstić information content (AvgIpc) is 3.02. The van der Waals surface area contributed by atoms with Crippen molar-refractivity contribution < 1.29 is 9.53 Å². The lowest BCUT2D eigenvalue weighted by molar-refractivity contribution is -0.116. The number of hydrogen-bond donors (Lipinski definition) is 1. The van der Waals surface area contributed by atoms with Crippen LogP contribution in [0.4, 0.5) is 5.69 Å². The fourth-order valence-corrected chi connectivity index (χ4v) is 4.85. The number of nitrogens with zero attached hydrogens (tertiary/aromatic N) is 2. The number of nitrogens with one attached hydrogen (secondary N) is 1. The molecule has 1 aromatic carbocycles. The molecule has 1 unspecified atom stereocenters. The third-order valence-corrected chi connectivity index (χ3v) is 6.13. The maximum atomic E-state index is 12.9. The van der Waals surface area contributed by atoms with Crippen LogP contribution in [0.15, 0.2) is 35.4 Å². The Bertz CT molecular complexity index is 1050. The summed E-state index contributed by atoms with van der Waals surface area (Å²) in [4.78, 5) is 31.8. The smallest absolute Gasteiger partial charge is 0.262 e. The zero-order valence-electron chi connectivity index (χ0n) is 15.3. The van der Waals surface area contributed by atoms with Crippen molar-refractivity contribution in [2.45, 2.75) is 32.7 Å². The number of fused-ring (bicyclic) bond motifs is 3. The Morgan fingerprint density at radius 2 is 2.15 bits per heavy atom. The Morgan fingerprint density at radius 3 is 2.89 bits per heavy atom. The van der Waals surface area contributed by atoms with Crippen molar-refractivity contribution in [2.75, 3.05) is 12.4 Å². The van der Waals surface area contributed by atoms with Gasteiger partial charge in [0.15, 0.2) is 0 Å². The predicted octanol–water partition coefficient (Wildman–Crippen LogP) is 3.23. The van der Waals surface area contributed by atoms with Crippen LogP contribution in [0, 0.1) is 5.92 Å². The summed E-state index contributed by atoms with van der Waals surface area (Å²) in [5, 5.41) is 3.50. The molecule has 0 saturated carbocycles. The summed E-state index contributed by atoms with van der Waals surface area (Å²) >= 11 is 1.61. The van der Waals surface area contributed by atoms with E-state index < -0.39 is 0 Å². The zero-order chi connectivity index (χ0) is 19.0. The quantitative estimate of drug-likeness (QED) is 0.751. The van der Waals surface area contributed by atoms with Gasteiger partial charge in [-0.25, -0.2) is 4.98 Å². The molecule has 0 aliphatic heterocycles. The van der Waals surface area contributed by atoms with E-state index in [1.165, 1.54) is 15.8 Å². The number of rotatable bonds is 4. The van der Waals surface area contributed by atoms with Crippen LogP contribution in [0.3, 0.4) is 0 Å². The second-order valence-corrected chi connectivity index (χ2v) is 8.07. The molecular weight excluding hydrogens is 362 g/mol. The van der Waals surface area contributed by atoms with E-state index >= 15 is 0 Å². The van der Waals surface area contributed by atoms with Gasteiger partial charge in [0.2, 0.25) is 5.91 Å².